The van der Waals surface area contributed by atoms with Crippen molar-refractivity contribution in [1.29, 1.82) is 0 Å². The summed E-state index contributed by atoms with van der Waals surface area (Å²) in [4.78, 5) is 20.7. The Morgan fingerprint density at radius 2 is 1.83 bits per heavy atom. The van der Waals surface area contributed by atoms with Gasteiger partial charge in [0, 0.05) is 35.2 Å². The summed E-state index contributed by atoms with van der Waals surface area (Å²) in [6, 6.07) is 12.4. The molecule has 0 fully saturated rings. The second-order valence-corrected chi connectivity index (χ2v) is 9.95. The van der Waals surface area contributed by atoms with Gasteiger partial charge < -0.3 is 24.9 Å². The third kappa shape index (κ3) is 5.98. The molecule has 0 radical (unpaired) electrons. The number of carboxylic acid groups (broad SMARTS) is 1. The number of rotatable bonds is 9. The van der Waals surface area contributed by atoms with Crippen molar-refractivity contribution in [2.24, 2.45) is 0 Å². The molecule has 0 saturated heterocycles. The van der Waals surface area contributed by atoms with Crippen LogP contribution in [0.2, 0.25) is 0 Å². The molecule has 2 heterocycles. The summed E-state index contributed by atoms with van der Waals surface area (Å²) in [6.45, 7) is 1.48. The number of carbonyl (C=O) groups is 1. The molecule has 4 N–H and O–H groups in total. The number of fused-ring (bicyclic) bond motifs is 1. The number of aromatic amines is 2. The topological polar surface area (TPSA) is 111 Å². The summed E-state index contributed by atoms with van der Waals surface area (Å²) in [5.41, 5.74) is -0.684. The standard InChI is InChI=1S/C30H24F5N3O4/c1-29(41,17-4-2-3-16(11-17)5-8-26(39)40)25-15-37-28(38-25)20-12-18(6-7-22(20)31)42-27-21(14-30(33,34)35)19-9-10-36-24(19)13-23(27)32/h2-4,6-7,9-13,15,36,41H,5,8,14H2,1H3,(H,37,38)(H,39,40). The van der Waals surface area contributed by atoms with Crippen molar-refractivity contribution in [3.05, 3.63) is 101 Å². The number of aliphatic carboxylic acids is 1. The molecule has 0 saturated carbocycles. The summed E-state index contributed by atoms with van der Waals surface area (Å²) in [5, 5.41) is 20.4. The highest BCUT2D eigenvalue weighted by molar-refractivity contribution is 5.85. The Hall–Kier alpha value is -4.71. The minimum absolute atomic E-state index is 0.0210. The molecule has 7 nitrogen and oxygen atoms in total. The first-order valence-corrected chi connectivity index (χ1v) is 12.7. The van der Waals surface area contributed by atoms with Crippen molar-refractivity contribution in [2.45, 2.75) is 38.0 Å². The van der Waals surface area contributed by atoms with Gasteiger partial charge in [-0.15, -0.1) is 0 Å². The molecule has 0 amide bonds. The van der Waals surface area contributed by atoms with Crippen LogP contribution in [0, 0.1) is 11.6 Å². The molecule has 0 bridgehead atoms. The molecule has 0 aliphatic carbocycles. The van der Waals surface area contributed by atoms with Crippen molar-refractivity contribution in [3.63, 3.8) is 0 Å². The maximum Gasteiger partial charge on any atom is 0.393 e. The molecule has 0 spiro atoms. The van der Waals surface area contributed by atoms with E-state index in [-0.39, 0.29) is 46.6 Å². The number of ether oxygens (including phenoxy) is 1. The fourth-order valence-corrected chi connectivity index (χ4v) is 4.72. The van der Waals surface area contributed by atoms with E-state index in [2.05, 4.69) is 15.0 Å². The van der Waals surface area contributed by atoms with Gasteiger partial charge in [0.05, 0.1) is 23.9 Å². The zero-order valence-electron chi connectivity index (χ0n) is 22.0. The predicted molar refractivity (Wildman–Crippen MR) is 143 cm³/mol. The third-order valence-electron chi connectivity index (χ3n) is 6.87. The summed E-state index contributed by atoms with van der Waals surface area (Å²) < 4.78 is 75.6. The van der Waals surface area contributed by atoms with Crippen molar-refractivity contribution in [1.82, 2.24) is 15.0 Å². The fourth-order valence-electron chi connectivity index (χ4n) is 4.72. The zero-order valence-corrected chi connectivity index (χ0v) is 22.0. The van der Waals surface area contributed by atoms with Gasteiger partial charge in [0.15, 0.2) is 11.6 Å². The molecule has 1 atom stereocenters. The van der Waals surface area contributed by atoms with Crippen LogP contribution in [0.3, 0.4) is 0 Å². The molecule has 0 aliphatic heterocycles. The largest absolute Gasteiger partial charge is 0.481 e. The number of halogens is 5. The van der Waals surface area contributed by atoms with Crippen LogP contribution in [-0.4, -0.2) is 37.3 Å². The van der Waals surface area contributed by atoms with Crippen LogP contribution in [0.25, 0.3) is 22.3 Å². The minimum Gasteiger partial charge on any atom is -0.481 e. The number of benzene rings is 3. The van der Waals surface area contributed by atoms with E-state index in [1.165, 1.54) is 25.4 Å². The second kappa shape index (κ2) is 10.9. The lowest BCUT2D eigenvalue weighted by Gasteiger charge is -2.23. The highest BCUT2D eigenvalue weighted by Gasteiger charge is 2.32. The van der Waals surface area contributed by atoms with Crippen LogP contribution in [0.5, 0.6) is 11.5 Å². The maximum atomic E-state index is 15.0. The van der Waals surface area contributed by atoms with Crippen LogP contribution in [0.15, 0.2) is 67.0 Å². The summed E-state index contributed by atoms with van der Waals surface area (Å²) >= 11 is 0. The van der Waals surface area contributed by atoms with E-state index in [0.717, 1.165) is 24.3 Å². The van der Waals surface area contributed by atoms with Gasteiger partial charge in [-0.05, 0) is 48.7 Å². The number of alkyl halides is 3. The SMILES string of the molecule is CC(O)(c1cccc(CCC(=O)O)c1)c1cnc(-c2cc(Oc3c(F)cc4[nH]ccc4c3CC(F)(F)F)ccc2F)[nH]1. The average molecular weight is 586 g/mol. The van der Waals surface area contributed by atoms with Crippen molar-refractivity contribution >= 4 is 16.9 Å². The van der Waals surface area contributed by atoms with E-state index in [0.29, 0.717) is 11.1 Å². The van der Waals surface area contributed by atoms with Crippen LogP contribution >= 0.6 is 0 Å². The number of imidazole rings is 1. The molecular formula is C30H24F5N3O4. The van der Waals surface area contributed by atoms with E-state index >= 15 is 0 Å². The Balaban J connectivity index is 1.47. The quantitative estimate of drug-likeness (QED) is 0.139. The highest BCUT2D eigenvalue weighted by Crippen LogP contribution is 2.39. The smallest absolute Gasteiger partial charge is 0.393 e. The molecule has 3 aromatic carbocycles. The van der Waals surface area contributed by atoms with Gasteiger partial charge in [0.25, 0.3) is 0 Å². The summed E-state index contributed by atoms with van der Waals surface area (Å²) in [6.07, 6.45) is -3.24. The second-order valence-electron chi connectivity index (χ2n) is 9.95. The summed E-state index contributed by atoms with van der Waals surface area (Å²) in [7, 11) is 0. The number of aryl methyl sites for hydroxylation is 1. The van der Waals surface area contributed by atoms with Crippen LogP contribution in [-0.2, 0) is 23.2 Å². The number of aromatic nitrogens is 3. The first kappa shape index (κ1) is 28.8. The summed E-state index contributed by atoms with van der Waals surface area (Å²) in [5.74, 6) is -3.54. The average Bonchev–Trinajstić information content (AvgIpc) is 3.60. The monoisotopic (exact) mass is 585 g/mol. The maximum absolute atomic E-state index is 15.0. The molecule has 42 heavy (non-hydrogen) atoms. The van der Waals surface area contributed by atoms with Gasteiger partial charge >= 0.3 is 12.1 Å². The Bertz CT molecular complexity index is 1770. The molecule has 2 aromatic heterocycles. The van der Waals surface area contributed by atoms with Gasteiger partial charge in [-0.3, -0.25) is 4.79 Å². The number of hydrogen-bond acceptors (Lipinski definition) is 4. The molecular weight excluding hydrogens is 561 g/mol. The molecule has 12 heteroatoms. The van der Waals surface area contributed by atoms with Crippen molar-refractivity contribution in [2.75, 3.05) is 0 Å². The lowest BCUT2D eigenvalue weighted by Crippen LogP contribution is -2.23. The minimum atomic E-state index is -4.65. The number of aliphatic hydroxyl groups is 1. The van der Waals surface area contributed by atoms with E-state index in [4.69, 9.17) is 9.84 Å². The Morgan fingerprint density at radius 3 is 2.57 bits per heavy atom. The Kier molecular flexibility index (Phi) is 7.50. The van der Waals surface area contributed by atoms with Gasteiger partial charge in [0.2, 0.25) is 0 Å². The number of hydrogen-bond donors (Lipinski definition) is 4. The van der Waals surface area contributed by atoms with E-state index < -0.39 is 47.1 Å². The number of nitrogens with zero attached hydrogens (tertiary/aromatic N) is 1. The lowest BCUT2D eigenvalue weighted by atomic mass is 9.91. The molecule has 0 aliphatic rings. The Morgan fingerprint density at radius 1 is 1.05 bits per heavy atom. The molecule has 5 rings (SSSR count). The van der Waals surface area contributed by atoms with Gasteiger partial charge in [-0.2, -0.15) is 13.2 Å². The van der Waals surface area contributed by atoms with E-state index in [1.54, 1.807) is 24.3 Å². The molecule has 5 aromatic rings. The van der Waals surface area contributed by atoms with Gasteiger partial charge in [0.1, 0.15) is 23.0 Å². The third-order valence-corrected chi connectivity index (χ3v) is 6.87. The van der Waals surface area contributed by atoms with Crippen LogP contribution < -0.4 is 4.74 Å². The van der Waals surface area contributed by atoms with E-state index in [1.807, 2.05) is 0 Å². The lowest BCUT2D eigenvalue weighted by molar-refractivity contribution is -0.137. The number of H-pyrrole nitrogens is 2. The first-order chi connectivity index (χ1) is 19.8. The number of nitrogens with one attached hydrogen (secondary N) is 2. The van der Waals surface area contributed by atoms with Crippen LogP contribution in [0.1, 0.15) is 35.7 Å². The van der Waals surface area contributed by atoms with Gasteiger partial charge in [-0.1, -0.05) is 24.3 Å². The normalized spacial score (nSPS) is 13.3. The highest BCUT2D eigenvalue weighted by atomic mass is 19.4. The van der Waals surface area contributed by atoms with Crippen LogP contribution in [0.4, 0.5) is 22.0 Å². The first-order valence-electron chi connectivity index (χ1n) is 12.7. The fraction of sp³-hybridized carbons (Fsp3) is 0.200. The Labute approximate surface area is 235 Å². The van der Waals surface area contributed by atoms with Crippen molar-refractivity contribution in [3.8, 4) is 22.9 Å². The van der Waals surface area contributed by atoms with E-state index in [9.17, 15) is 31.9 Å². The zero-order chi connectivity index (χ0) is 30.2. The van der Waals surface area contributed by atoms with Gasteiger partial charge in [-0.25, -0.2) is 13.8 Å². The number of carboxylic acids is 1. The van der Waals surface area contributed by atoms with Crippen molar-refractivity contribution < 1.29 is 41.7 Å². The predicted octanol–water partition coefficient (Wildman–Crippen LogP) is 7.01. The molecule has 218 valence electrons. The molecule has 1 unspecified atom stereocenters.